The minimum atomic E-state index is -0.766. The Labute approximate surface area is 250 Å². The van der Waals surface area contributed by atoms with Crippen molar-refractivity contribution in [2.75, 3.05) is 19.6 Å². The molecule has 2 heterocycles. The first-order valence-electron chi connectivity index (χ1n) is 14.9. The van der Waals surface area contributed by atoms with Crippen molar-refractivity contribution in [1.82, 2.24) is 30.8 Å². The molecule has 224 valence electrons. The van der Waals surface area contributed by atoms with E-state index in [2.05, 4.69) is 32.0 Å². The van der Waals surface area contributed by atoms with Crippen molar-refractivity contribution in [3.8, 4) is 6.07 Å². The summed E-state index contributed by atoms with van der Waals surface area (Å²) in [7, 11) is 0. The van der Waals surface area contributed by atoms with Crippen molar-refractivity contribution in [1.29, 1.82) is 5.26 Å². The summed E-state index contributed by atoms with van der Waals surface area (Å²) >= 11 is 0. The molecular formula is C31H37N9O3. The third-order valence-corrected chi connectivity index (χ3v) is 8.74. The Morgan fingerprint density at radius 3 is 2.23 bits per heavy atom. The van der Waals surface area contributed by atoms with E-state index in [4.69, 9.17) is 11.5 Å². The summed E-state index contributed by atoms with van der Waals surface area (Å²) in [6.07, 6.45) is 7.22. The molecule has 5 rings (SSSR count). The number of aromatic amines is 1. The predicted octanol–water partition coefficient (Wildman–Crippen LogP) is 1.89. The molecule has 12 nitrogen and oxygen atoms in total. The molecule has 1 atom stereocenters. The van der Waals surface area contributed by atoms with E-state index in [1.807, 2.05) is 24.3 Å². The number of unbranched alkanes of at least 4 members (excludes halogenated alkanes) is 3. The Bertz CT molecular complexity index is 1460. The van der Waals surface area contributed by atoms with E-state index in [0.717, 1.165) is 60.8 Å². The van der Waals surface area contributed by atoms with Crippen molar-refractivity contribution in [3.05, 3.63) is 75.6 Å². The minimum absolute atomic E-state index is 0.0178. The maximum absolute atomic E-state index is 12.5. The molecule has 0 radical (unpaired) electrons. The highest BCUT2D eigenvalue weighted by atomic mass is 16.2. The zero-order chi connectivity index (χ0) is 30.4. The number of H-pyrrole nitrogens is 1. The summed E-state index contributed by atoms with van der Waals surface area (Å²) in [5, 5.41) is 27.9. The van der Waals surface area contributed by atoms with Gasteiger partial charge in [-0.05, 0) is 91.6 Å². The maximum atomic E-state index is 12.5. The van der Waals surface area contributed by atoms with Crippen LogP contribution < -0.4 is 16.8 Å². The summed E-state index contributed by atoms with van der Waals surface area (Å²) in [6, 6.07) is 13.0. The number of aromatic nitrogens is 4. The lowest BCUT2D eigenvalue weighted by Crippen LogP contribution is -2.40. The molecule has 0 bridgehead atoms. The topological polar surface area (TPSA) is 197 Å². The van der Waals surface area contributed by atoms with Crippen LogP contribution in [0, 0.1) is 11.3 Å². The summed E-state index contributed by atoms with van der Waals surface area (Å²) in [5.41, 5.74) is 15.3. The van der Waals surface area contributed by atoms with Gasteiger partial charge in [-0.1, -0.05) is 36.6 Å². The summed E-state index contributed by atoms with van der Waals surface area (Å²) in [6.45, 7) is 1.61. The van der Waals surface area contributed by atoms with Crippen LogP contribution in [0.5, 0.6) is 0 Å². The molecule has 0 spiro atoms. The van der Waals surface area contributed by atoms with E-state index >= 15 is 0 Å². The number of aryl methyl sites for hydroxylation is 2. The van der Waals surface area contributed by atoms with E-state index in [1.54, 1.807) is 17.0 Å². The number of rotatable bonds is 12. The molecule has 3 aromatic rings. The third-order valence-electron chi connectivity index (χ3n) is 8.74. The lowest BCUT2D eigenvalue weighted by molar-refractivity contribution is -0.130. The van der Waals surface area contributed by atoms with Gasteiger partial charge in [-0.3, -0.25) is 14.4 Å². The number of nitriles is 1. The zero-order valence-corrected chi connectivity index (χ0v) is 24.1. The number of tetrazole rings is 1. The molecule has 1 aromatic heterocycles. The zero-order valence-electron chi connectivity index (χ0n) is 24.1. The molecule has 3 amide bonds. The SMILES string of the molecule is N#C[C@@H]1CCCN1C(=O)CNCCCCCCC1(c2nn[nH]n2)c2ccc(C(N)=O)cc2CCc2cc(C(N)=O)ccc21. The Balaban J connectivity index is 1.32. The van der Waals surface area contributed by atoms with Crippen molar-refractivity contribution in [2.45, 2.75) is 69.2 Å². The Morgan fingerprint density at radius 1 is 1.00 bits per heavy atom. The van der Waals surface area contributed by atoms with Crippen LogP contribution in [-0.2, 0) is 23.1 Å². The van der Waals surface area contributed by atoms with Gasteiger partial charge in [0.05, 0.1) is 18.0 Å². The fourth-order valence-corrected chi connectivity index (χ4v) is 6.61. The van der Waals surface area contributed by atoms with Crippen LogP contribution in [0.2, 0.25) is 0 Å². The number of carbonyl (C=O) groups excluding carboxylic acids is 3. The molecule has 2 aliphatic rings. The molecule has 12 heteroatoms. The second-order valence-electron chi connectivity index (χ2n) is 11.3. The number of hydrogen-bond acceptors (Lipinski definition) is 8. The molecule has 0 unspecified atom stereocenters. The average Bonchev–Trinajstić information content (AvgIpc) is 3.70. The molecule has 1 aliphatic heterocycles. The van der Waals surface area contributed by atoms with Crippen molar-refractivity contribution < 1.29 is 14.4 Å². The number of likely N-dealkylation sites (tertiary alicyclic amines) is 1. The van der Waals surface area contributed by atoms with Crippen LogP contribution in [0.4, 0.5) is 0 Å². The van der Waals surface area contributed by atoms with Gasteiger partial charge >= 0.3 is 0 Å². The number of primary amides is 2. The largest absolute Gasteiger partial charge is 0.366 e. The van der Waals surface area contributed by atoms with Crippen LogP contribution in [-0.4, -0.2) is 68.9 Å². The van der Waals surface area contributed by atoms with Gasteiger partial charge in [0.15, 0.2) is 5.82 Å². The van der Waals surface area contributed by atoms with E-state index in [1.165, 1.54) is 0 Å². The number of benzene rings is 2. The van der Waals surface area contributed by atoms with E-state index in [9.17, 15) is 19.6 Å². The Morgan fingerprint density at radius 2 is 1.65 bits per heavy atom. The molecule has 0 saturated carbocycles. The van der Waals surface area contributed by atoms with Crippen molar-refractivity contribution in [2.24, 2.45) is 11.5 Å². The molecule has 1 fully saturated rings. The predicted molar refractivity (Wildman–Crippen MR) is 158 cm³/mol. The van der Waals surface area contributed by atoms with Gasteiger partial charge in [-0.15, -0.1) is 10.2 Å². The second-order valence-corrected chi connectivity index (χ2v) is 11.3. The lowest BCUT2D eigenvalue weighted by Gasteiger charge is -2.34. The van der Waals surface area contributed by atoms with Gasteiger partial charge in [-0.25, -0.2) is 0 Å². The first-order valence-corrected chi connectivity index (χ1v) is 14.9. The third kappa shape index (κ3) is 6.12. The second kappa shape index (κ2) is 13.1. The number of carbonyl (C=O) groups is 3. The minimum Gasteiger partial charge on any atom is -0.366 e. The lowest BCUT2D eigenvalue weighted by atomic mass is 9.68. The van der Waals surface area contributed by atoms with Crippen molar-refractivity contribution >= 4 is 17.7 Å². The van der Waals surface area contributed by atoms with Gasteiger partial charge in [0.1, 0.15) is 6.04 Å². The van der Waals surface area contributed by atoms with Crippen LogP contribution in [0.1, 0.15) is 93.7 Å². The maximum Gasteiger partial charge on any atom is 0.248 e. The Hall–Kier alpha value is -4.63. The van der Waals surface area contributed by atoms with E-state index in [-0.39, 0.29) is 18.5 Å². The average molecular weight is 584 g/mol. The smallest absolute Gasteiger partial charge is 0.248 e. The highest BCUT2D eigenvalue weighted by Gasteiger charge is 2.44. The highest BCUT2D eigenvalue weighted by molar-refractivity contribution is 5.94. The Kier molecular flexibility index (Phi) is 9.11. The monoisotopic (exact) mass is 583 g/mol. The first-order chi connectivity index (χ1) is 20.8. The van der Waals surface area contributed by atoms with Crippen LogP contribution >= 0.6 is 0 Å². The summed E-state index contributed by atoms with van der Waals surface area (Å²) < 4.78 is 0. The molecular weight excluding hydrogens is 546 g/mol. The van der Waals surface area contributed by atoms with Gasteiger partial charge < -0.3 is 21.7 Å². The van der Waals surface area contributed by atoms with Crippen LogP contribution in [0.3, 0.4) is 0 Å². The number of nitrogens with one attached hydrogen (secondary N) is 2. The summed E-state index contributed by atoms with van der Waals surface area (Å²) in [4.78, 5) is 38.2. The molecule has 6 N–H and O–H groups in total. The van der Waals surface area contributed by atoms with Crippen LogP contribution in [0.15, 0.2) is 36.4 Å². The quantitative estimate of drug-likeness (QED) is 0.232. The standard InChI is InChI=1S/C31H37N9O3/c32-18-24-6-5-15-40(24)27(41)19-35-14-4-2-1-3-13-31(30-36-38-39-37-30)25-11-9-22(28(33)42)16-20(25)7-8-21-17-23(29(34)43)10-12-26(21)31/h9-12,16-17,24,35H,1-8,13-15,19H2,(H2,33,42)(H2,34,43)(H,36,37,38,39)/t24-/m0/s1. The fourth-order valence-electron chi connectivity index (χ4n) is 6.61. The molecule has 43 heavy (non-hydrogen) atoms. The number of fused-ring (bicyclic) bond motifs is 2. The normalized spacial score (nSPS) is 17.0. The highest BCUT2D eigenvalue weighted by Crippen LogP contribution is 2.47. The number of nitrogens with zero attached hydrogens (tertiary/aromatic N) is 5. The van der Waals surface area contributed by atoms with E-state index < -0.39 is 17.2 Å². The van der Waals surface area contributed by atoms with Crippen molar-refractivity contribution in [3.63, 3.8) is 0 Å². The fraction of sp³-hybridized carbons (Fsp3) is 0.452. The molecule has 2 aromatic carbocycles. The molecule has 1 saturated heterocycles. The number of nitrogens with two attached hydrogens (primary N) is 2. The van der Waals surface area contributed by atoms with Gasteiger partial charge in [0, 0.05) is 17.7 Å². The summed E-state index contributed by atoms with van der Waals surface area (Å²) in [5.74, 6) is -0.484. The van der Waals surface area contributed by atoms with E-state index in [0.29, 0.717) is 49.3 Å². The van der Waals surface area contributed by atoms with Crippen LogP contribution in [0.25, 0.3) is 0 Å². The van der Waals surface area contributed by atoms with Gasteiger partial charge in [0.25, 0.3) is 0 Å². The number of amides is 3. The number of hydrogen-bond donors (Lipinski definition) is 4. The molecule has 1 aliphatic carbocycles. The van der Waals surface area contributed by atoms with Gasteiger partial charge in [0.2, 0.25) is 17.7 Å². The first kappa shape index (κ1) is 29.8. The van der Waals surface area contributed by atoms with Gasteiger partial charge in [-0.2, -0.15) is 10.5 Å².